The van der Waals surface area contributed by atoms with Crippen molar-refractivity contribution in [3.8, 4) is 5.75 Å². The third kappa shape index (κ3) is 2.29. The minimum Gasteiger partial charge on any atom is -0.497 e. The van der Waals surface area contributed by atoms with E-state index in [1.165, 1.54) is 11.1 Å². The first kappa shape index (κ1) is 17.9. The summed E-state index contributed by atoms with van der Waals surface area (Å²) in [7, 11) is 1.66. The van der Waals surface area contributed by atoms with E-state index in [2.05, 4.69) is 12.1 Å². The van der Waals surface area contributed by atoms with E-state index in [1.54, 1.807) is 7.11 Å². The Balaban J connectivity index is 1.69. The second-order valence-corrected chi connectivity index (χ2v) is 8.41. The van der Waals surface area contributed by atoms with E-state index in [9.17, 15) is 18.3 Å². The SMILES string of the molecule is COc1ccc2c(c1)CC[C@H]1[C@H]2CC[C@]2(C)[C@H]1CC[C@]2(O)C(F)=C(F)F. The van der Waals surface area contributed by atoms with Gasteiger partial charge in [0.1, 0.15) is 11.4 Å². The maximum Gasteiger partial charge on any atom is 0.304 e. The van der Waals surface area contributed by atoms with E-state index in [0.717, 1.165) is 25.0 Å². The predicted octanol–water partition coefficient (Wildman–Crippen LogP) is 5.36. The van der Waals surface area contributed by atoms with Crippen LogP contribution in [-0.2, 0) is 6.42 Å². The highest BCUT2D eigenvalue weighted by Gasteiger charge is 2.64. The van der Waals surface area contributed by atoms with Crippen LogP contribution in [-0.4, -0.2) is 17.8 Å². The first-order valence-electron chi connectivity index (χ1n) is 9.42. The maximum absolute atomic E-state index is 14.2. The van der Waals surface area contributed by atoms with Crippen molar-refractivity contribution < 1.29 is 23.0 Å². The highest BCUT2D eigenvalue weighted by Crippen LogP contribution is 2.66. The fourth-order valence-corrected chi connectivity index (χ4v) is 6.22. The summed E-state index contributed by atoms with van der Waals surface area (Å²) in [6.07, 6.45) is 1.51. The second-order valence-electron chi connectivity index (χ2n) is 8.41. The molecule has 142 valence electrons. The summed E-state index contributed by atoms with van der Waals surface area (Å²) in [6.45, 7) is 1.81. The largest absolute Gasteiger partial charge is 0.497 e. The van der Waals surface area contributed by atoms with Gasteiger partial charge < -0.3 is 9.84 Å². The Bertz CT molecular complexity index is 758. The minimum atomic E-state index is -2.38. The number of aryl methyl sites for hydroxylation is 1. The van der Waals surface area contributed by atoms with Crippen LogP contribution < -0.4 is 4.74 Å². The number of rotatable bonds is 2. The molecule has 0 unspecified atom stereocenters. The number of fused-ring (bicyclic) bond motifs is 5. The molecule has 1 N–H and O–H groups in total. The average molecular weight is 366 g/mol. The Labute approximate surface area is 152 Å². The Hall–Kier alpha value is -1.49. The Kier molecular flexibility index (Phi) is 4.14. The van der Waals surface area contributed by atoms with Crippen molar-refractivity contribution in [2.24, 2.45) is 17.3 Å². The first-order valence-corrected chi connectivity index (χ1v) is 9.42. The number of ether oxygens (including phenoxy) is 1. The summed E-state index contributed by atoms with van der Waals surface area (Å²) in [5.74, 6) is -0.0382. The lowest BCUT2D eigenvalue weighted by Crippen LogP contribution is -2.51. The molecule has 3 aliphatic carbocycles. The van der Waals surface area contributed by atoms with E-state index in [0.29, 0.717) is 24.7 Å². The molecule has 0 spiro atoms. The Morgan fingerprint density at radius 2 is 1.92 bits per heavy atom. The number of halogens is 3. The molecule has 3 aliphatic rings. The summed E-state index contributed by atoms with van der Waals surface area (Å²) < 4.78 is 45.5. The van der Waals surface area contributed by atoms with Crippen LogP contribution in [0.25, 0.3) is 0 Å². The van der Waals surface area contributed by atoms with Crippen molar-refractivity contribution >= 4 is 0 Å². The monoisotopic (exact) mass is 366 g/mol. The van der Waals surface area contributed by atoms with Crippen LogP contribution in [0.1, 0.15) is 56.1 Å². The molecule has 2 nitrogen and oxygen atoms in total. The third-order valence-corrected chi connectivity index (χ3v) is 7.61. The van der Waals surface area contributed by atoms with Crippen molar-refractivity contribution in [2.45, 2.75) is 57.0 Å². The zero-order valence-electron chi connectivity index (χ0n) is 15.2. The number of benzene rings is 1. The molecule has 2 saturated carbocycles. The molecule has 0 bridgehead atoms. The van der Waals surface area contributed by atoms with Gasteiger partial charge in [-0.2, -0.15) is 8.78 Å². The molecule has 0 heterocycles. The van der Waals surface area contributed by atoms with Crippen molar-refractivity contribution in [1.82, 2.24) is 0 Å². The van der Waals surface area contributed by atoms with Crippen LogP contribution in [0, 0.1) is 17.3 Å². The summed E-state index contributed by atoms with van der Waals surface area (Å²) in [4.78, 5) is 0. The highest BCUT2D eigenvalue weighted by atomic mass is 19.3. The van der Waals surface area contributed by atoms with Gasteiger partial charge in [0.15, 0.2) is 5.83 Å². The van der Waals surface area contributed by atoms with Gasteiger partial charge in [-0.1, -0.05) is 13.0 Å². The fourth-order valence-electron chi connectivity index (χ4n) is 6.22. The van der Waals surface area contributed by atoms with Crippen LogP contribution in [0.4, 0.5) is 13.2 Å². The molecular weight excluding hydrogens is 341 g/mol. The van der Waals surface area contributed by atoms with Gasteiger partial charge in [0.2, 0.25) is 0 Å². The Morgan fingerprint density at radius 1 is 1.15 bits per heavy atom. The average Bonchev–Trinajstić information content (AvgIpc) is 2.92. The van der Waals surface area contributed by atoms with E-state index in [4.69, 9.17) is 4.74 Å². The van der Waals surface area contributed by atoms with E-state index in [-0.39, 0.29) is 12.3 Å². The van der Waals surface area contributed by atoms with Gasteiger partial charge in [-0.05, 0) is 79.5 Å². The molecule has 2 fully saturated rings. The molecule has 5 atom stereocenters. The lowest BCUT2D eigenvalue weighted by Gasteiger charge is -2.52. The van der Waals surface area contributed by atoms with Crippen molar-refractivity contribution in [3.05, 3.63) is 41.2 Å². The van der Waals surface area contributed by atoms with E-state index in [1.807, 2.05) is 13.0 Å². The second kappa shape index (κ2) is 6.01. The molecule has 4 rings (SSSR count). The molecule has 0 amide bonds. The van der Waals surface area contributed by atoms with Crippen LogP contribution in [0.15, 0.2) is 30.1 Å². The van der Waals surface area contributed by atoms with Crippen LogP contribution in [0.5, 0.6) is 5.75 Å². The number of hydrogen-bond donors (Lipinski definition) is 1. The summed E-state index contributed by atoms with van der Waals surface area (Å²) >= 11 is 0. The lowest BCUT2D eigenvalue weighted by atomic mass is 9.53. The van der Waals surface area contributed by atoms with Gasteiger partial charge in [0.25, 0.3) is 0 Å². The van der Waals surface area contributed by atoms with Gasteiger partial charge >= 0.3 is 6.08 Å². The minimum absolute atomic E-state index is 0.0617. The predicted molar refractivity (Wildman–Crippen MR) is 92.9 cm³/mol. The smallest absolute Gasteiger partial charge is 0.304 e. The summed E-state index contributed by atoms with van der Waals surface area (Å²) in [5, 5.41) is 10.9. The van der Waals surface area contributed by atoms with Gasteiger partial charge in [0, 0.05) is 5.41 Å². The van der Waals surface area contributed by atoms with E-state index < -0.39 is 22.9 Å². The molecule has 26 heavy (non-hydrogen) atoms. The number of aliphatic hydroxyl groups is 1. The summed E-state index contributed by atoms with van der Waals surface area (Å²) in [5.41, 5.74) is -0.247. The Morgan fingerprint density at radius 3 is 2.62 bits per heavy atom. The van der Waals surface area contributed by atoms with Crippen LogP contribution >= 0.6 is 0 Å². The van der Waals surface area contributed by atoms with Crippen LogP contribution in [0.2, 0.25) is 0 Å². The molecular formula is C21H25F3O2. The standard InChI is InChI=1S/C21H25F3O2/c1-20-9-7-15-14-6-4-13(26-2)11-12(14)3-5-16(15)17(20)8-10-21(20,25)18(22)19(23)24/h4,6,11,15-17,25H,3,5,7-10H2,1-2H3/t15-,16-,17-,20+,21-/m0/s1. The van der Waals surface area contributed by atoms with Gasteiger partial charge in [-0.15, -0.1) is 0 Å². The van der Waals surface area contributed by atoms with Gasteiger partial charge in [0.05, 0.1) is 7.11 Å². The zero-order chi connectivity index (χ0) is 18.7. The summed E-state index contributed by atoms with van der Waals surface area (Å²) in [6, 6.07) is 6.18. The highest BCUT2D eigenvalue weighted by molar-refractivity contribution is 5.41. The van der Waals surface area contributed by atoms with Crippen LogP contribution in [0.3, 0.4) is 0 Å². The maximum atomic E-state index is 14.2. The molecule has 0 aromatic heterocycles. The lowest BCUT2D eigenvalue weighted by molar-refractivity contribution is -0.0927. The van der Waals surface area contributed by atoms with Crippen molar-refractivity contribution in [1.29, 1.82) is 0 Å². The number of hydrogen-bond acceptors (Lipinski definition) is 2. The van der Waals surface area contributed by atoms with Crippen molar-refractivity contribution in [2.75, 3.05) is 7.11 Å². The van der Waals surface area contributed by atoms with Crippen molar-refractivity contribution in [3.63, 3.8) is 0 Å². The normalized spacial score (nSPS) is 38.2. The topological polar surface area (TPSA) is 29.5 Å². The quantitative estimate of drug-likeness (QED) is 0.763. The molecule has 5 heteroatoms. The molecule has 0 radical (unpaired) electrons. The first-order chi connectivity index (χ1) is 12.3. The van der Waals surface area contributed by atoms with E-state index >= 15 is 0 Å². The molecule has 0 aliphatic heterocycles. The van der Waals surface area contributed by atoms with Gasteiger partial charge in [-0.25, -0.2) is 4.39 Å². The number of methoxy groups -OCH3 is 1. The third-order valence-electron chi connectivity index (χ3n) is 7.61. The fraction of sp³-hybridized carbons (Fsp3) is 0.619. The molecule has 1 aromatic carbocycles. The zero-order valence-corrected chi connectivity index (χ0v) is 15.2. The van der Waals surface area contributed by atoms with Gasteiger partial charge in [-0.3, -0.25) is 0 Å². The molecule has 1 aromatic rings. The molecule has 0 saturated heterocycles.